The Morgan fingerprint density at radius 2 is 1.54 bits per heavy atom. The number of fused-ring (bicyclic) bond motifs is 7. The van der Waals surface area contributed by atoms with Gasteiger partial charge < -0.3 is 28.4 Å². The summed E-state index contributed by atoms with van der Waals surface area (Å²) in [5.74, 6) is 0.379. The van der Waals surface area contributed by atoms with Crippen LogP contribution in [0.3, 0.4) is 0 Å². The standard InChI is InChI=1S/C57H83FN3O8P/c1-12-67-70(66,68-13-2)32-31-60-34-42(36-16-18-37(58)19-17-36)59-48(60)43-15-14-30-61(43)51(65)57-27-22-38(35(3)4)47(57)39-20-21-45-54(9)25-24-46(69-50(64)41-33-40(49(62)63)52(41,5)6)53(7,8)44(54)23-26-56(45,11)55(39,10)28-29-57/h16-19,34,38-41,43-47H,3,12-15,20-33H2,1-2,4-11H3,(H,62,63)/t38-,39+,40-,41+,43-,44-,45+,46-,47+,54-,55+,56+,57-/m0/s1. The summed E-state index contributed by atoms with van der Waals surface area (Å²) in [5.41, 5.74) is 1.40. The van der Waals surface area contributed by atoms with Crippen molar-refractivity contribution in [1.29, 1.82) is 0 Å². The molecule has 13 heteroatoms. The lowest BCUT2D eigenvalue weighted by Gasteiger charge is -2.73. The molecule has 70 heavy (non-hydrogen) atoms. The van der Waals surface area contributed by atoms with Crippen molar-refractivity contribution in [3.05, 3.63) is 54.3 Å². The maximum absolute atomic E-state index is 16.0. The SMILES string of the molecule is C=C(C)[C@@H]1CC[C@]2(C(=O)N3CCC[C@H]3c3nc(-c4ccc(F)cc4)cn3CCP(=O)(OCC)OCC)CC[C@]3(C)[C@H](CC[C@@H]4[C@@]5(C)CC[C@H](OC(=O)[C@H]6C[C@@H](C(=O)O)C6(C)C)C(C)(C)[C@@H]5CC[C@]43C)[C@@H]12. The normalized spacial score (nSPS) is 38.4. The van der Waals surface area contributed by atoms with Gasteiger partial charge in [-0.15, -0.1) is 0 Å². The van der Waals surface area contributed by atoms with E-state index in [-0.39, 0.29) is 82.7 Å². The number of likely N-dealkylation sites (tertiary alicyclic amines) is 1. The van der Waals surface area contributed by atoms with Gasteiger partial charge in [-0.05, 0) is 180 Å². The molecule has 0 bridgehead atoms. The number of aryl methyl sites for hydroxylation is 1. The number of halogens is 1. The van der Waals surface area contributed by atoms with Crippen LogP contribution in [0.15, 0.2) is 42.6 Å². The number of carbonyl (C=O) groups excluding carboxylic acids is 2. The van der Waals surface area contributed by atoms with E-state index in [0.29, 0.717) is 43.0 Å². The van der Waals surface area contributed by atoms with Crippen molar-refractivity contribution in [2.45, 2.75) is 171 Å². The van der Waals surface area contributed by atoms with Gasteiger partial charge in [0.25, 0.3) is 0 Å². The quantitative estimate of drug-likeness (QED) is 0.111. The van der Waals surface area contributed by atoms with Gasteiger partial charge in [0.1, 0.15) is 17.7 Å². The Morgan fingerprint density at radius 3 is 2.19 bits per heavy atom. The van der Waals surface area contributed by atoms with Crippen molar-refractivity contribution in [1.82, 2.24) is 14.5 Å². The molecule has 2 aromatic rings. The highest BCUT2D eigenvalue weighted by Gasteiger charge is 2.73. The van der Waals surface area contributed by atoms with E-state index in [1.54, 1.807) is 12.1 Å². The lowest BCUT2D eigenvalue weighted by atomic mass is 9.32. The second-order valence-corrected chi connectivity index (χ2v) is 27.3. The van der Waals surface area contributed by atoms with Gasteiger partial charge in [-0.1, -0.05) is 60.6 Å². The van der Waals surface area contributed by atoms with Crippen molar-refractivity contribution in [2.75, 3.05) is 25.9 Å². The van der Waals surface area contributed by atoms with E-state index in [1.807, 2.05) is 38.5 Å². The first-order chi connectivity index (χ1) is 32.9. The number of carboxylic acid groups (broad SMARTS) is 1. The van der Waals surface area contributed by atoms with Crippen molar-refractivity contribution < 1.29 is 42.2 Å². The molecule has 0 radical (unpaired) electrons. The van der Waals surface area contributed by atoms with E-state index in [1.165, 1.54) is 17.7 Å². The molecule has 1 aromatic heterocycles. The van der Waals surface area contributed by atoms with Crippen LogP contribution in [-0.4, -0.2) is 69.4 Å². The van der Waals surface area contributed by atoms with Crippen LogP contribution in [0.1, 0.15) is 165 Å². The minimum atomic E-state index is -3.39. The van der Waals surface area contributed by atoms with Crippen molar-refractivity contribution in [3.63, 3.8) is 0 Å². The zero-order valence-electron chi connectivity index (χ0n) is 44.0. The average Bonchev–Trinajstić information content (AvgIpc) is 4.05. The van der Waals surface area contributed by atoms with E-state index < -0.39 is 36.2 Å². The molecule has 2 heterocycles. The fourth-order valence-corrected chi connectivity index (χ4v) is 19.2. The Bertz CT molecular complexity index is 2410. The third-order valence-corrected chi connectivity index (χ3v) is 23.6. The molecule has 0 unspecified atom stereocenters. The number of rotatable bonds is 14. The molecular formula is C57H83FN3O8P. The van der Waals surface area contributed by atoms with Gasteiger partial charge in [-0.3, -0.25) is 18.9 Å². The highest BCUT2D eigenvalue weighted by atomic mass is 31.2. The minimum absolute atomic E-state index is 0.0140. The van der Waals surface area contributed by atoms with Gasteiger partial charge in [0.2, 0.25) is 5.91 Å². The first kappa shape index (κ1) is 51.6. The highest BCUT2D eigenvalue weighted by Crippen LogP contribution is 2.78. The van der Waals surface area contributed by atoms with Gasteiger partial charge in [0.05, 0.1) is 48.4 Å². The number of hydrogen-bond acceptors (Lipinski definition) is 8. The summed E-state index contributed by atoms with van der Waals surface area (Å²) < 4.78 is 47.9. The number of esters is 1. The predicted octanol–water partition coefficient (Wildman–Crippen LogP) is 12.9. The van der Waals surface area contributed by atoms with Gasteiger partial charge in [-0.25, -0.2) is 9.37 Å². The summed E-state index contributed by atoms with van der Waals surface area (Å²) in [6, 6.07) is 6.08. The number of amides is 1. The summed E-state index contributed by atoms with van der Waals surface area (Å²) in [6.07, 6.45) is 13.7. The molecular weight excluding hydrogens is 905 g/mol. The van der Waals surface area contributed by atoms with Crippen molar-refractivity contribution >= 4 is 25.4 Å². The third-order valence-electron chi connectivity index (χ3n) is 21.6. The Balaban J connectivity index is 0.988. The van der Waals surface area contributed by atoms with E-state index in [4.69, 9.17) is 18.8 Å². The number of hydrogen-bond donors (Lipinski definition) is 1. The molecule has 6 aliphatic carbocycles. The van der Waals surface area contributed by atoms with Crippen LogP contribution >= 0.6 is 7.60 Å². The zero-order valence-corrected chi connectivity index (χ0v) is 44.9. The summed E-state index contributed by atoms with van der Waals surface area (Å²) >= 11 is 0. The molecule has 1 aromatic carbocycles. The second-order valence-electron chi connectivity index (χ2n) is 25.1. The minimum Gasteiger partial charge on any atom is -0.481 e. The van der Waals surface area contributed by atoms with E-state index >= 15 is 4.79 Å². The van der Waals surface area contributed by atoms with Crippen LogP contribution in [0, 0.1) is 79.7 Å². The number of imidazole rings is 1. The Morgan fingerprint density at radius 1 is 0.843 bits per heavy atom. The molecule has 6 saturated carbocycles. The van der Waals surface area contributed by atoms with E-state index in [9.17, 15) is 23.7 Å². The van der Waals surface area contributed by atoms with Crippen LogP contribution in [0.4, 0.5) is 4.39 Å². The molecule has 7 fully saturated rings. The Labute approximate surface area is 417 Å². The molecule has 386 valence electrons. The fraction of sp³-hybridized carbons (Fsp3) is 0.754. The monoisotopic (exact) mass is 988 g/mol. The molecule has 1 N–H and O–H groups in total. The van der Waals surface area contributed by atoms with Crippen LogP contribution in [0.2, 0.25) is 0 Å². The van der Waals surface area contributed by atoms with Crippen molar-refractivity contribution in [2.24, 2.45) is 73.9 Å². The number of nitrogens with zero attached hydrogens (tertiary/aromatic N) is 3. The molecule has 11 nitrogen and oxygen atoms in total. The number of allylic oxidation sites excluding steroid dienone is 1. The number of ether oxygens (including phenoxy) is 1. The Hall–Kier alpha value is -3.34. The molecule has 1 aliphatic heterocycles. The summed E-state index contributed by atoms with van der Waals surface area (Å²) in [4.78, 5) is 49.1. The molecule has 0 spiro atoms. The maximum atomic E-state index is 16.0. The summed E-state index contributed by atoms with van der Waals surface area (Å²) in [5, 5.41) is 9.76. The second kappa shape index (κ2) is 18.2. The first-order valence-electron chi connectivity index (χ1n) is 27.0. The third kappa shape index (κ3) is 7.94. The summed E-state index contributed by atoms with van der Waals surface area (Å²) in [6.45, 7) is 28.2. The molecule has 13 atom stereocenters. The van der Waals surface area contributed by atoms with Gasteiger partial charge in [0, 0.05) is 30.3 Å². The van der Waals surface area contributed by atoms with Crippen LogP contribution < -0.4 is 0 Å². The number of carbonyl (C=O) groups is 3. The average molecular weight is 988 g/mol. The largest absolute Gasteiger partial charge is 0.481 e. The van der Waals surface area contributed by atoms with Gasteiger partial charge >= 0.3 is 19.5 Å². The number of benzene rings is 1. The van der Waals surface area contributed by atoms with Crippen LogP contribution in [0.25, 0.3) is 11.3 Å². The molecule has 9 rings (SSSR count). The Kier molecular flexibility index (Phi) is 13.4. The molecule has 1 saturated heterocycles. The summed E-state index contributed by atoms with van der Waals surface area (Å²) in [7, 11) is -3.39. The maximum Gasteiger partial charge on any atom is 0.332 e. The van der Waals surface area contributed by atoms with Crippen LogP contribution in [0.5, 0.6) is 0 Å². The van der Waals surface area contributed by atoms with E-state index in [0.717, 1.165) is 88.4 Å². The topological polar surface area (TPSA) is 137 Å². The lowest BCUT2D eigenvalue weighted by Crippen LogP contribution is -2.67. The van der Waals surface area contributed by atoms with Gasteiger partial charge in [0.15, 0.2) is 0 Å². The fourth-order valence-electron chi connectivity index (χ4n) is 17.7. The van der Waals surface area contributed by atoms with Crippen LogP contribution in [-0.2, 0) is 39.3 Å². The lowest BCUT2D eigenvalue weighted by molar-refractivity contribution is -0.251. The van der Waals surface area contributed by atoms with Crippen molar-refractivity contribution in [3.8, 4) is 11.3 Å². The zero-order chi connectivity index (χ0) is 50.6. The first-order valence-corrected chi connectivity index (χ1v) is 28.8. The highest BCUT2D eigenvalue weighted by molar-refractivity contribution is 7.53. The van der Waals surface area contributed by atoms with Gasteiger partial charge in [-0.2, -0.15) is 0 Å². The molecule has 1 amide bonds. The predicted molar refractivity (Wildman–Crippen MR) is 269 cm³/mol. The molecule has 7 aliphatic rings. The number of aromatic nitrogens is 2. The number of aliphatic carboxylic acids is 1. The number of carboxylic acids is 1. The smallest absolute Gasteiger partial charge is 0.332 e. The van der Waals surface area contributed by atoms with E-state index in [2.05, 4.69) is 53.0 Å².